The van der Waals surface area contributed by atoms with Gasteiger partial charge in [-0.05, 0) is 44.0 Å². The first kappa shape index (κ1) is 17.7. The highest BCUT2D eigenvalue weighted by atomic mass is 19.1. The molecule has 0 unspecified atom stereocenters. The minimum atomic E-state index is -1.06. The molecule has 1 amide bonds. The number of benzene rings is 1. The Morgan fingerprint density at radius 3 is 2.50 bits per heavy atom. The molecule has 0 aliphatic heterocycles. The molecule has 0 saturated heterocycles. The highest BCUT2D eigenvalue weighted by molar-refractivity contribution is 5.66. The van der Waals surface area contributed by atoms with Crippen molar-refractivity contribution < 1.29 is 19.1 Å². The predicted molar refractivity (Wildman–Crippen MR) is 82.8 cm³/mol. The molecule has 118 valence electrons. The normalized spacial score (nSPS) is 10.7. The van der Waals surface area contributed by atoms with Crippen LogP contribution < -0.4 is 0 Å². The monoisotopic (exact) mass is 305 g/mol. The second-order valence-corrected chi connectivity index (χ2v) is 5.96. The van der Waals surface area contributed by atoms with E-state index in [9.17, 15) is 19.1 Å². The summed E-state index contributed by atoms with van der Waals surface area (Å²) in [5.74, 6) is 1.31. The zero-order valence-electron chi connectivity index (χ0n) is 13.0. The molecule has 1 aromatic carbocycles. The number of halogens is 1. The molecule has 0 saturated carbocycles. The zero-order chi connectivity index (χ0) is 16.9. The average molecular weight is 305 g/mol. The molecule has 0 heterocycles. The smallest absolute Gasteiger partial charge is 0.408 e. The lowest BCUT2D eigenvalue weighted by atomic mass is 9.98. The molecule has 4 nitrogen and oxygen atoms in total. The van der Waals surface area contributed by atoms with Gasteiger partial charge < -0.3 is 5.11 Å². The molecule has 1 aromatic rings. The van der Waals surface area contributed by atoms with Gasteiger partial charge in [-0.2, -0.15) is 0 Å². The van der Waals surface area contributed by atoms with Crippen LogP contribution in [0.5, 0.6) is 0 Å². The van der Waals surface area contributed by atoms with Crippen molar-refractivity contribution in [2.75, 3.05) is 0 Å². The molecule has 0 aliphatic carbocycles. The average Bonchev–Trinajstić information content (AvgIpc) is 2.41. The molecule has 0 radical (unpaired) electrons. The summed E-state index contributed by atoms with van der Waals surface area (Å²) < 4.78 is 13.5. The highest BCUT2D eigenvalue weighted by Gasteiger charge is 2.26. The van der Waals surface area contributed by atoms with Crippen LogP contribution in [0.2, 0.25) is 0 Å². The molecular formula is C17H20FNO3. The first-order valence-electron chi connectivity index (χ1n) is 6.83. The lowest BCUT2D eigenvalue weighted by Gasteiger charge is -2.33. The Morgan fingerprint density at radius 1 is 1.41 bits per heavy atom. The van der Waals surface area contributed by atoms with Gasteiger partial charge in [-0.1, -0.05) is 18.7 Å². The van der Waals surface area contributed by atoms with Gasteiger partial charge in [0.15, 0.2) is 0 Å². The predicted octanol–water partition coefficient (Wildman–Crippen LogP) is 3.59. The standard InChI is InChI=1S/C17H20FNO3/c1-5-12(11-20)8-14-9-15(18)7-6-13(14)10-19(16(21)22)17(2,3)4/h5-7,9H,1,8,10H2,2-4H3,(H,21,22). The Balaban J connectivity index is 3.21. The summed E-state index contributed by atoms with van der Waals surface area (Å²) in [6.07, 6.45) is 0.468. The van der Waals surface area contributed by atoms with Crippen LogP contribution in [0.15, 0.2) is 36.4 Å². The summed E-state index contributed by atoms with van der Waals surface area (Å²) in [6, 6.07) is 4.12. The lowest BCUT2D eigenvalue weighted by molar-refractivity contribution is 0.0954. The number of carboxylic acid groups (broad SMARTS) is 1. The van der Waals surface area contributed by atoms with Crippen LogP contribution in [0, 0.1) is 5.82 Å². The van der Waals surface area contributed by atoms with Crippen LogP contribution in [0.1, 0.15) is 31.9 Å². The van der Waals surface area contributed by atoms with E-state index in [0.29, 0.717) is 16.7 Å². The summed E-state index contributed by atoms with van der Waals surface area (Å²) in [4.78, 5) is 23.5. The molecule has 0 fully saturated rings. The van der Waals surface area contributed by atoms with E-state index in [1.165, 1.54) is 29.2 Å². The van der Waals surface area contributed by atoms with Gasteiger partial charge in [-0.25, -0.2) is 14.0 Å². The number of nitrogens with zero attached hydrogens (tertiary/aromatic N) is 1. The molecule has 0 atom stereocenters. The Morgan fingerprint density at radius 2 is 2.05 bits per heavy atom. The molecule has 1 rings (SSSR count). The largest absolute Gasteiger partial charge is 0.465 e. The van der Waals surface area contributed by atoms with Gasteiger partial charge in [0.1, 0.15) is 11.8 Å². The third kappa shape index (κ3) is 4.57. The quantitative estimate of drug-likeness (QED) is 0.668. The fourth-order valence-electron chi connectivity index (χ4n) is 2.03. The van der Waals surface area contributed by atoms with Crippen molar-refractivity contribution in [3.63, 3.8) is 0 Å². The van der Waals surface area contributed by atoms with E-state index >= 15 is 0 Å². The summed E-state index contributed by atoms with van der Waals surface area (Å²) >= 11 is 0. The maximum absolute atomic E-state index is 13.5. The summed E-state index contributed by atoms with van der Waals surface area (Å²) in [7, 11) is 0. The molecule has 5 heteroatoms. The second-order valence-electron chi connectivity index (χ2n) is 5.96. The third-order valence-corrected chi connectivity index (χ3v) is 3.30. The van der Waals surface area contributed by atoms with E-state index in [4.69, 9.17) is 0 Å². The third-order valence-electron chi connectivity index (χ3n) is 3.30. The minimum absolute atomic E-state index is 0.109. The van der Waals surface area contributed by atoms with E-state index in [1.54, 1.807) is 26.7 Å². The van der Waals surface area contributed by atoms with Crippen molar-refractivity contribution in [2.45, 2.75) is 39.3 Å². The van der Waals surface area contributed by atoms with E-state index in [1.807, 2.05) is 0 Å². The van der Waals surface area contributed by atoms with E-state index in [-0.39, 0.29) is 13.0 Å². The Hall–Kier alpha value is -2.39. The minimum Gasteiger partial charge on any atom is -0.465 e. The molecule has 0 bridgehead atoms. The Bertz CT molecular complexity index is 625. The molecule has 1 N–H and O–H groups in total. The van der Waals surface area contributed by atoms with E-state index in [2.05, 4.69) is 6.58 Å². The number of amides is 1. The Kier molecular flexibility index (Phi) is 5.66. The van der Waals surface area contributed by atoms with Crippen LogP contribution in [-0.4, -0.2) is 27.6 Å². The highest BCUT2D eigenvalue weighted by Crippen LogP contribution is 2.22. The topological polar surface area (TPSA) is 57.6 Å². The molecule has 0 spiro atoms. The maximum atomic E-state index is 13.5. The number of carbonyl (C=O) groups excluding carboxylic acids is 1. The first-order chi connectivity index (χ1) is 10.2. The summed E-state index contributed by atoms with van der Waals surface area (Å²) in [5, 5.41) is 9.36. The SMILES string of the molecule is C=CC(=C=O)Cc1cc(F)ccc1CN(C(=O)O)C(C)(C)C. The summed E-state index contributed by atoms with van der Waals surface area (Å²) in [6.45, 7) is 8.97. The van der Waals surface area contributed by atoms with Crippen LogP contribution in [0.25, 0.3) is 0 Å². The van der Waals surface area contributed by atoms with E-state index < -0.39 is 17.4 Å². The van der Waals surface area contributed by atoms with Gasteiger partial charge in [-0.15, -0.1) is 0 Å². The molecule has 0 aliphatic rings. The van der Waals surface area contributed by atoms with Crippen LogP contribution >= 0.6 is 0 Å². The lowest BCUT2D eigenvalue weighted by Crippen LogP contribution is -2.44. The van der Waals surface area contributed by atoms with Crippen LogP contribution in [0.4, 0.5) is 9.18 Å². The number of hydrogen-bond donors (Lipinski definition) is 1. The maximum Gasteiger partial charge on any atom is 0.408 e. The van der Waals surface area contributed by atoms with Crippen molar-refractivity contribution >= 4 is 12.0 Å². The molecule has 22 heavy (non-hydrogen) atoms. The van der Waals surface area contributed by atoms with Gasteiger partial charge in [0.05, 0.1) is 0 Å². The fourth-order valence-corrected chi connectivity index (χ4v) is 2.03. The van der Waals surface area contributed by atoms with Crippen LogP contribution in [-0.2, 0) is 17.8 Å². The fraction of sp³-hybridized carbons (Fsp3) is 0.353. The second kappa shape index (κ2) is 7.05. The summed E-state index contributed by atoms with van der Waals surface area (Å²) in [5.41, 5.74) is 0.894. The zero-order valence-corrected chi connectivity index (χ0v) is 13.0. The van der Waals surface area contributed by atoms with Crippen LogP contribution in [0.3, 0.4) is 0 Å². The number of allylic oxidation sites excluding steroid dienone is 2. The number of carbonyl (C=O) groups is 1. The van der Waals surface area contributed by atoms with Crippen molar-refractivity contribution in [2.24, 2.45) is 0 Å². The van der Waals surface area contributed by atoms with Gasteiger partial charge in [0.2, 0.25) is 0 Å². The van der Waals surface area contributed by atoms with Crippen molar-refractivity contribution in [1.82, 2.24) is 4.90 Å². The van der Waals surface area contributed by atoms with Crippen molar-refractivity contribution in [1.29, 1.82) is 0 Å². The van der Waals surface area contributed by atoms with Gasteiger partial charge in [0.25, 0.3) is 0 Å². The van der Waals surface area contributed by atoms with Crippen molar-refractivity contribution in [3.05, 3.63) is 53.4 Å². The Labute approximate surface area is 129 Å². The first-order valence-corrected chi connectivity index (χ1v) is 6.83. The van der Waals surface area contributed by atoms with Gasteiger partial charge in [-0.3, -0.25) is 4.90 Å². The number of rotatable bonds is 5. The molecule has 0 aromatic heterocycles. The van der Waals surface area contributed by atoms with Gasteiger partial charge >= 0.3 is 6.09 Å². The van der Waals surface area contributed by atoms with Gasteiger partial charge in [0, 0.05) is 24.1 Å². The number of hydrogen-bond acceptors (Lipinski definition) is 2. The van der Waals surface area contributed by atoms with E-state index in [0.717, 1.165) is 0 Å². The van der Waals surface area contributed by atoms with Crippen molar-refractivity contribution in [3.8, 4) is 0 Å². The molecular weight excluding hydrogens is 285 g/mol.